The lowest BCUT2D eigenvalue weighted by Crippen LogP contribution is -2.48. The highest BCUT2D eigenvalue weighted by atomic mass is 32.1. The molecule has 2 N–H and O–H groups in total. The van der Waals surface area contributed by atoms with E-state index >= 15 is 0 Å². The SMILES string of the molecule is CCc1ccc(CNC(=O)[C@@H](NC(C)=O)C(C)C)s1. The Morgan fingerprint density at radius 3 is 2.37 bits per heavy atom. The minimum absolute atomic E-state index is 0.0680. The van der Waals surface area contributed by atoms with Crippen molar-refractivity contribution in [3.8, 4) is 0 Å². The summed E-state index contributed by atoms with van der Waals surface area (Å²) in [6, 6.07) is 3.65. The van der Waals surface area contributed by atoms with E-state index in [-0.39, 0.29) is 17.7 Å². The summed E-state index contributed by atoms with van der Waals surface area (Å²) < 4.78 is 0. The summed E-state index contributed by atoms with van der Waals surface area (Å²) in [4.78, 5) is 25.6. The molecule has 2 amide bonds. The van der Waals surface area contributed by atoms with Crippen LogP contribution in [0.5, 0.6) is 0 Å². The Morgan fingerprint density at radius 2 is 1.89 bits per heavy atom. The Morgan fingerprint density at radius 1 is 1.26 bits per heavy atom. The van der Waals surface area contributed by atoms with Crippen molar-refractivity contribution >= 4 is 23.2 Å². The largest absolute Gasteiger partial charge is 0.349 e. The van der Waals surface area contributed by atoms with Gasteiger partial charge in [0, 0.05) is 16.7 Å². The molecule has 0 bridgehead atoms. The van der Waals surface area contributed by atoms with E-state index in [1.54, 1.807) is 11.3 Å². The van der Waals surface area contributed by atoms with Gasteiger partial charge in [-0.2, -0.15) is 0 Å². The van der Waals surface area contributed by atoms with E-state index in [9.17, 15) is 9.59 Å². The Labute approximate surface area is 118 Å². The van der Waals surface area contributed by atoms with E-state index in [0.717, 1.165) is 11.3 Å². The second-order valence-electron chi connectivity index (χ2n) is 4.86. The molecule has 0 spiro atoms. The highest BCUT2D eigenvalue weighted by Crippen LogP contribution is 2.16. The van der Waals surface area contributed by atoms with Gasteiger partial charge >= 0.3 is 0 Å². The number of aryl methyl sites for hydroxylation is 1. The number of thiophene rings is 1. The molecular weight excluding hydrogens is 260 g/mol. The molecule has 4 nitrogen and oxygen atoms in total. The van der Waals surface area contributed by atoms with Crippen molar-refractivity contribution in [1.82, 2.24) is 10.6 Å². The third-order valence-electron chi connectivity index (χ3n) is 2.81. The smallest absolute Gasteiger partial charge is 0.243 e. The fraction of sp³-hybridized carbons (Fsp3) is 0.571. The molecule has 1 heterocycles. The van der Waals surface area contributed by atoms with Gasteiger partial charge in [0.2, 0.25) is 11.8 Å². The molecule has 1 aromatic rings. The Bertz CT molecular complexity index is 440. The third kappa shape index (κ3) is 5.03. The molecule has 0 saturated heterocycles. The first-order valence-corrected chi connectivity index (χ1v) is 7.38. The molecule has 1 rings (SSSR count). The highest BCUT2D eigenvalue weighted by molar-refractivity contribution is 7.11. The van der Waals surface area contributed by atoms with E-state index in [2.05, 4.69) is 23.6 Å². The van der Waals surface area contributed by atoms with E-state index in [1.165, 1.54) is 11.8 Å². The zero-order chi connectivity index (χ0) is 14.4. The van der Waals surface area contributed by atoms with E-state index < -0.39 is 6.04 Å². The molecule has 0 aromatic carbocycles. The van der Waals surface area contributed by atoms with Crippen LogP contribution < -0.4 is 10.6 Å². The topological polar surface area (TPSA) is 58.2 Å². The Balaban J connectivity index is 2.54. The minimum atomic E-state index is -0.469. The van der Waals surface area contributed by atoms with Crippen molar-refractivity contribution in [2.45, 2.75) is 46.7 Å². The lowest BCUT2D eigenvalue weighted by atomic mass is 10.0. The van der Waals surface area contributed by atoms with Crippen molar-refractivity contribution < 1.29 is 9.59 Å². The molecule has 0 saturated carbocycles. The number of hydrogen-bond acceptors (Lipinski definition) is 3. The molecule has 0 aliphatic rings. The van der Waals surface area contributed by atoms with Gasteiger partial charge in [0.15, 0.2) is 0 Å². The van der Waals surface area contributed by atoms with Gasteiger partial charge < -0.3 is 10.6 Å². The van der Waals surface area contributed by atoms with Crippen molar-refractivity contribution in [3.05, 3.63) is 21.9 Å². The van der Waals surface area contributed by atoms with Gasteiger partial charge in [0.1, 0.15) is 6.04 Å². The quantitative estimate of drug-likeness (QED) is 0.839. The molecule has 0 radical (unpaired) electrons. The van der Waals surface area contributed by atoms with Gasteiger partial charge in [-0.25, -0.2) is 0 Å². The molecule has 1 atom stereocenters. The summed E-state index contributed by atoms with van der Waals surface area (Å²) in [5.74, 6) is -0.242. The summed E-state index contributed by atoms with van der Waals surface area (Å²) in [6.07, 6.45) is 1.01. The van der Waals surface area contributed by atoms with Crippen LogP contribution in [0.2, 0.25) is 0 Å². The normalized spacial score (nSPS) is 12.3. The van der Waals surface area contributed by atoms with Crippen LogP contribution in [0.3, 0.4) is 0 Å². The molecule has 0 aliphatic heterocycles. The number of carbonyl (C=O) groups is 2. The van der Waals surface area contributed by atoms with E-state index in [1.807, 2.05) is 19.9 Å². The third-order valence-corrected chi connectivity index (χ3v) is 4.04. The van der Waals surface area contributed by atoms with Gasteiger partial charge in [-0.1, -0.05) is 20.8 Å². The summed E-state index contributed by atoms with van der Waals surface area (Å²) >= 11 is 1.71. The average molecular weight is 282 g/mol. The maximum Gasteiger partial charge on any atom is 0.243 e. The van der Waals surface area contributed by atoms with Gasteiger partial charge in [-0.05, 0) is 24.5 Å². The first kappa shape index (κ1) is 15.7. The van der Waals surface area contributed by atoms with Crippen LogP contribution in [-0.4, -0.2) is 17.9 Å². The first-order valence-electron chi connectivity index (χ1n) is 6.56. The molecular formula is C14H22N2O2S. The standard InChI is InChI=1S/C14H22N2O2S/c1-5-11-6-7-12(19-11)8-15-14(18)13(9(2)3)16-10(4)17/h6-7,9,13H,5,8H2,1-4H3,(H,15,18)(H,16,17)/t13-/m0/s1. The van der Waals surface area contributed by atoms with E-state index in [4.69, 9.17) is 0 Å². The lowest BCUT2D eigenvalue weighted by molar-refractivity contribution is -0.129. The second-order valence-corrected chi connectivity index (χ2v) is 6.11. The molecule has 0 fully saturated rings. The van der Waals surface area contributed by atoms with Crippen molar-refractivity contribution in [1.29, 1.82) is 0 Å². The van der Waals surface area contributed by atoms with Crippen LogP contribution in [0.1, 0.15) is 37.4 Å². The average Bonchev–Trinajstić information content (AvgIpc) is 2.80. The first-order chi connectivity index (χ1) is 8.93. The second kappa shape index (κ2) is 7.28. The molecule has 106 valence electrons. The number of nitrogens with one attached hydrogen (secondary N) is 2. The fourth-order valence-corrected chi connectivity index (χ4v) is 2.64. The predicted molar refractivity (Wildman–Crippen MR) is 78.0 cm³/mol. The van der Waals surface area contributed by atoms with Gasteiger partial charge in [0.05, 0.1) is 6.54 Å². The molecule has 0 unspecified atom stereocenters. The molecule has 1 aromatic heterocycles. The number of rotatable bonds is 6. The summed E-state index contributed by atoms with van der Waals surface area (Å²) in [6.45, 7) is 7.89. The van der Waals surface area contributed by atoms with Gasteiger partial charge in [0.25, 0.3) is 0 Å². The van der Waals surface area contributed by atoms with E-state index in [0.29, 0.717) is 6.54 Å². The van der Waals surface area contributed by atoms with Crippen LogP contribution in [0.4, 0.5) is 0 Å². The van der Waals surface area contributed by atoms with Crippen molar-refractivity contribution in [2.75, 3.05) is 0 Å². The minimum Gasteiger partial charge on any atom is -0.349 e. The van der Waals surface area contributed by atoms with Crippen LogP contribution in [0.25, 0.3) is 0 Å². The maximum atomic E-state index is 12.0. The van der Waals surface area contributed by atoms with Gasteiger partial charge in [-0.3, -0.25) is 9.59 Å². The number of hydrogen-bond donors (Lipinski definition) is 2. The van der Waals surface area contributed by atoms with Crippen molar-refractivity contribution in [2.24, 2.45) is 5.92 Å². The van der Waals surface area contributed by atoms with Crippen LogP contribution in [-0.2, 0) is 22.6 Å². The highest BCUT2D eigenvalue weighted by Gasteiger charge is 2.22. The fourth-order valence-electron chi connectivity index (χ4n) is 1.75. The molecule has 0 aliphatic carbocycles. The van der Waals surface area contributed by atoms with Crippen molar-refractivity contribution in [3.63, 3.8) is 0 Å². The van der Waals surface area contributed by atoms with Gasteiger partial charge in [-0.15, -0.1) is 11.3 Å². The summed E-state index contributed by atoms with van der Waals surface area (Å²) in [5, 5.41) is 5.56. The van der Waals surface area contributed by atoms with Crippen LogP contribution in [0, 0.1) is 5.92 Å². The predicted octanol–water partition coefficient (Wildman–Crippen LogP) is 2.09. The zero-order valence-electron chi connectivity index (χ0n) is 11.9. The van der Waals surface area contributed by atoms with Crippen LogP contribution in [0.15, 0.2) is 12.1 Å². The monoisotopic (exact) mass is 282 g/mol. The number of carbonyl (C=O) groups excluding carboxylic acids is 2. The maximum absolute atomic E-state index is 12.0. The molecule has 19 heavy (non-hydrogen) atoms. The summed E-state index contributed by atoms with van der Waals surface area (Å²) in [5.41, 5.74) is 0. The summed E-state index contributed by atoms with van der Waals surface area (Å²) in [7, 11) is 0. The Kier molecular flexibility index (Phi) is 6.02. The zero-order valence-corrected chi connectivity index (χ0v) is 12.8. The van der Waals surface area contributed by atoms with Crippen LogP contribution >= 0.6 is 11.3 Å². The lowest BCUT2D eigenvalue weighted by Gasteiger charge is -2.20. The number of amides is 2. The molecule has 5 heteroatoms. The Hall–Kier alpha value is -1.36.